The van der Waals surface area contributed by atoms with Crippen molar-refractivity contribution >= 4 is 16.8 Å². The van der Waals surface area contributed by atoms with Gasteiger partial charge in [-0.05, 0) is 30.2 Å². The SMILES string of the molecule is CCCOc1cc(F)ccc1C(=O)Cl. The molecule has 1 aromatic carbocycles. The minimum Gasteiger partial charge on any atom is -0.493 e. The van der Waals surface area contributed by atoms with E-state index in [0.717, 1.165) is 12.5 Å². The summed E-state index contributed by atoms with van der Waals surface area (Å²) in [5, 5.41) is -0.642. The van der Waals surface area contributed by atoms with Gasteiger partial charge in [0, 0.05) is 6.07 Å². The Bertz CT molecular complexity index is 339. The summed E-state index contributed by atoms with van der Waals surface area (Å²) in [6.45, 7) is 2.35. The monoisotopic (exact) mass is 216 g/mol. The van der Waals surface area contributed by atoms with E-state index < -0.39 is 11.1 Å². The molecular weight excluding hydrogens is 207 g/mol. The van der Waals surface area contributed by atoms with E-state index in [1.54, 1.807) is 0 Å². The molecule has 0 fully saturated rings. The van der Waals surface area contributed by atoms with Crippen LogP contribution in [0.1, 0.15) is 23.7 Å². The maximum atomic E-state index is 12.8. The average molecular weight is 217 g/mol. The molecule has 0 amide bonds. The Hall–Kier alpha value is -1.09. The van der Waals surface area contributed by atoms with Gasteiger partial charge in [0.15, 0.2) is 0 Å². The number of ether oxygens (including phenoxy) is 1. The van der Waals surface area contributed by atoms with Crippen LogP contribution in [0, 0.1) is 5.82 Å². The van der Waals surface area contributed by atoms with Gasteiger partial charge in [-0.3, -0.25) is 4.79 Å². The van der Waals surface area contributed by atoms with Gasteiger partial charge in [-0.25, -0.2) is 4.39 Å². The number of benzene rings is 1. The Morgan fingerprint density at radius 2 is 2.29 bits per heavy atom. The maximum Gasteiger partial charge on any atom is 0.256 e. The minimum absolute atomic E-state index is 0.196. The lowest BCUT2D eigenvalue weighted by Gasteiger charge is -2.07. The van der Waals surface area contributed by atoms with Crippen molar-refractivity contribution in [3.63, 3.8) is 0 Å². The van der Waals surface area contributed by atoms with Gasteiger partial charge in [-0.15, -0.1) is 0 Å². The molecule has 0 unspecified atom stereocenters. The highest BCUT2D eigenvalue weighted by molar-refractivity contribution is 6.68. The van der Waals surface area contributed by atoms with Crippen molar-refractivity contribution in [2.45, 2.75) is 13.3 Å². The van der Waals surface area contributed by atoms with Crippen molar-refractivity contribution in [3.05, 3.63) is 29.6 Å². The van der Waals surface area contributed by atoms with Crippen molar-refractivity contribution in [2.24, 2.45) is 0 Å². The fourth-order valence-electron chi connectivity index (χ4n) is 0.990. The molecule has 0 saturated carbocycles. The fraction of sp³-hybridized carbons (Fsp3) is 0.300. The third-order valence-corrected chi connectivity index (χ3v) is 1.82. The second-order valence-electron chi connectivity index (χ2n) is 2.76. The molecule has 1 aromatic rings. The number of rotatable bonds is 4. The van der Waals surface area contributed by atoms with Crippen molar-refractivity contribution in [3.8, 4) is 5.75 Å². The lowest BCUT2D eigenvalue weighted by molar-refractivity contribution is 0.107. The van der Waals surface area contributed by atoms with Gasteiger partial charge in [0.25, 0.3) is 5.24 Å². The first-order chi connectivity index (χ1) is 6.65. The van der Waals surface area contributed by atoms with Crippen LogP contribution in [-0.4, -0.2) is 11.8 Å². The molecule has 0 atom stereocenters. The van der Waals surface area contributed by atoms with Gasteiger partial charge < -0.3 is 4.74 Å². The highest BCUT2D eigenvalue weighted by atomic mass is 35.5. The first-order valence-corrected chi connectivity index (χ1v) is 4.65. The Kier molecular flexibility index (Phi) is 3.89. The molecule has 14 heavy (non-hydrogen) atoms. The molecule has 0 aliphatic carbocycles. The van der Waals surface area contributed by atoms with E-state index in [0.29, 0.717) is 6.61 Å². The van der Waals surface area contributed by atoms with E-state index in [2.05, 4.69) is 0 Å². The molecule has 0 bridgehead atoms. The Morgan fingerprint density at radius 3 is 2.86 bits per heavy atom. The van der Waals surface area contributed by atoms with Gasteiger partial charge in [0.2, 0.25) is 0 Å². The molecule has 76 valence electrons. The molecule has 0 radical (unpaired) electrons. The van der Waals surface area contributed by atoms with E-state index in [-0.39, 0.29) is 11.3 Å². The van der Waals surface area contributed by atoms with Gasteiger partial charge in [0.05, 0.1) is 12.2 Å². The highest BCUT2D eigenvalue weighted by Crippen LogP contribution is 2.21. The standard InChI is InChI=1S/C10H10ClFO2/c1-2-5-14-9-6-7(12)3-4-8(9)10(11)13/h3-4,6H,2,5H2,1H3. The lowest BCUT2D eigenvalue weighted by Crippen LogP contribution is -2.01. The van der Waals surface area contributed by atoms with E-state index in [1.807, 2.05) is 6.92 Å². The van der Waals surface area contributed by atoms with E-state index in [1.165, 1.54) is 12.1 Å². The lowest BCUT2D eigenvalue weighted by atomic mass is 10.2. The van der Waals surface area contributed by atoms with E-state index in [9.17, 15) is 9.18 Å². The summed E-state index contributed by atoms with van der Waals surface area (Å²) in [7, 11) is 0. The smallest absolute Gasteiger partial charge is 0.256 e. The van der Waals surface area contributed by atoms with Gasteiger partial charge in [-0.2, -0.15) is 0 Å². The van der Waals surface area contributed by atoms with Gasteiger partial charge in [-0.1, -0.05) is 6.92 Å². The molecule has 0 heterocycles. The zero-order valence-corrected chi connectivity index (χ0v) is 8.47. The van der Waals surface area contributed by atoms with Crippen molar-refractivity contribution in [2.75, 3.05) is 6.61 Å². The molecular formula is C10H10ClFO2. The van der Waals surface area contributed by atoms with Crippen molar-refractivity contribution in [1.82, 2.24) is 0 Å². The second kappa shape index (κ2) is 4.96. The molecule has 1 rings (SSSR count). The van der Waals surface area contributed by atoms with Crippen LogP contribution in [0.3, 0.4) is 0 Å². The summed E-state index contributed by atoms with van der Waals surface area (Å²) in [4.78, 5) is 10.9. The summed E-state index contributed by atoms with van der Waals surface area (Å²) < 4.78 is 18.0. The number of hydrogen-bond donors (Lipinski definition) is 0. The molecule has 0 spiro atoms. The van der Waals surface area contributed by atoms with Crippen LogP contribution in [0.5, 0.6) is 5.75 Å². The predicted molar refractivity (Wildman–Crippen MR) is 52.4 cm³/mol. The third-order valence-electron chi connectivity index (χ3n) is 1.62. The second-order valence-corrected chi connectivity index (χ2v) is 3.11. The molecule has 0 N–H and O–H groups in total. The fourth-order valence-corrected chi connectivity index (χ4v) is 1.15. The summed E-state index contributed by atoms with van der Waals surface area (Å²) in [6, 6.07) is 3.65. The van der Waals surface area contributed by atoms with Crippen LogP contribution in [0.2, 0.25) is 0 Å². The van der Waals surface area contributed by atoms with Crippen molar-refractivity contribution < 1.29 is 13.9 Å². The molecule has 0 saturated heterocycles. The van der Waals surface area contributed by atoms with Crippen LogP contribution >= 0.6 is 11.6 Å². The summed E-state index contributed by atoms with van der Waals surface area (Å²) in [5.41, 5.74) is 0.196. The van der Waals surface area contributed by atoms with Crippen LogP contribution in [-0.2, 0) is 0 Å². The van der Waals surface area contributed by atoms with Crippen molar-refractivity contribution in [1.29, 1.82) is 0 Å². The Balaban J connectivity index is 2.97. The van der Waals surface area contributed by atoms with E-state index >= 15 is 0 Å². The first-order valence-electron chi connectivity index (χ1n) is 4.27. The van der Waals surface area contributed by atoms with Gasteiger partial charge >= 0.3 is 0 Å². The number of halogens is 2. The summed E-state index contributed by atoms with van der Waals surface area (Å²) in [5.74, 6) is -0.246. The molecule has 0 aliphatic rings. The van der Waals surface area contributed by atoms with Crippen LogP contribution < -0.4 is 4.74 Å². The Morgan fingerprint density at radius 1 is 1.57 bits per heavy atom. The largest absolute Gasteiger partial charge is 0.493 e. The number of carbonyl (C=O) groups is 1. The topological polar surface area (TPSA) is 26.3 Å². The maximum absolute atomic E-state index is 12.8. The first kappa shape index (κ1) is 11.0. The highest BCUT2D eigenvalue weighted by Gasteiger charge is 2.10. The average Bonchev–Trinajstić information content (AvgIpc) is 2.14. The minimum atomic E-state index is -0.642. The van der Waals surface area contributed by atoms with Crippen LogP contribution in [0.15, 0.2) is 18.2 Å². The molecule has 4 heteroatoms. The third kappa shape index (κ3) is 2.70. The number of carbonyl (C=O) groups excluding carboxylic acids is 1. The van der Waals surface area contributed by atoms with Crippen LogP contribution in [0.4, 0.5) is 4.39 Å². The predicted octanol–water partition coefficient (Wildman–Crippen LogP) is 2.99. The molecule has 2 nitrogen and oxygen atoms in total. The molecule has 0 aliphatic heterocycles. The zero-order chi connectivity index (χ0) is 10.6. The molecule has 0 aromatic heterocycles. The quantitative estimate of drug-likeness (QED) is 0.724. The van der Waals surface area contributed by atoms with Gasteiger partial charge in [0.1, 0.15) is 11.6 Å². The normalized spacial score (nSPS) is 9.93. The number of hydrogen-bond acceptors (Lipinski definition) is 2. The zero-order valence-electron chi connectivity index (χ0n) is 7.72. The van der Waals surface area contributed by atoms with Crippen LogP contribution in [0.25, 0.3) is 0 Å². The summed E-state index contributed by atoms with van der Waals surface area (Å²) in [6.07, 6.45) is 0.784. The summed E-state index contributed by atoms with van der Waals surface area (Å²) >= 11 is 5.30. The Labute approximate surface area is 86.6 Å². The van der Waals surface area contributed by atoms with E-state index in [4.69, 9.17) is 16.3 Å².